The minimum atomic E-state index is -0.624. The number of anilines is 1. The molecule has 1 aromatic rings. The zero-order valence-electron chi connectivity index (χ0n) is 12.1. The van der Waals surface area contributed by atoms with Crippen LogP contribution in [0.2, 0.25) is 0 Å². The van der Waals surface area contributed by atoms with Crippen molar-refractivity contribution in [3.05, 3.63) is 24.3 Å². The van der Waals surface area contributed by atoms with E-state index in [9.17, 15) is 5.11 Å². The molecule has 0 aliphatic rings. The second-order valence-electron chi connectivity index (χ2n) is 5.92. The fraction of sp³-hybridized carbons (Fsp3) is 0.600. The number of benzene rings is 1. The van der Waals surface area contributed by atoms with Gasteiger partial charge in [-0.25, -0.2) is 0 Å². The number of nitrogen functional groups attached to an aromatic ring is 1. The number of hydrogen-bond donors (Lipinski definition) is 2. The monoisotopic (exact) mass is 267 g/mol. The Labute approximate surface area is 115 Å². The molecule has 1 unspecified atom stereocenters. The molecule has 0 aliphatic carbocycles. The first-order valence-corrected chi connectivity index (χ1v) is 6.61. The molecule has 0 amide bonds. The summed E-state index contributed by atoms with van der Waals surface area (Å²) in [5, 5.41) is 9.73. The summed E-state index contributed by atoms with van der Waals surface area (Å²) in [7, 11) is 0. The van der Waals surface area contributed by atoms with Gasteiger partial charge in [0.1, 0.15) is 18.5 Å². The number of aliphatic hydroxyl groups excluding tert-OH is 1. The van der Waals surface area contributed by atoms with Crippen LogP contribution >= 0.6 is 0 Å². The highest BCUT2D eigenvalue weighted by Gasteiger charge is 2.11. The molecule has 1 aromatic carbocycles. The van der Waals surface area contributed by atoms with Gasteiger partial charge in [-0.05, 0) is 24.0 Å². The van der Waals surface area contributed by atoms with E-state index in [0.717, 1.165) is 6.42 Å². The van der Waals surface area contributed by atoms with Gasteiger partial charge in [-0.1, -0.05) is 26.8 Å². The number of rotatable bonds is 7. The Morgan fingerprint density at radius 2 is 2.00 bits per heavy atom. The van der Waals surface area contributed by atoms with Crippen molar-refractivity contribution in [2.45, 2.75) is 33.3 Å². The number of aliphatic hydroxyl groups is 1. The van der Waals surface area contributed by atoms with Gasteiger partial charge in [-0.3, -0.25) is 0 Å². The summed E-state index contributed by atoms with van der Waals surface area (Å²) < 4.78 is 10.9. The average molecular weight is 267 g/mol. The SMILES string of the molecule is CC(C)(C)CCOCC(O)COc1cccc(N)c1. The van der Waals surface area contributed by atoms with Crippen molar-refractivity contribution in [1.29, 1.82) is 0 Å². The van der Waals surface area contributed by atoms with Crippen molar-refractivity contribution in [2.75, 3.05) is 25.6 Å². The van der Waals surface area contributed by atoms with Crippen LogP contribution in [0, 0.1) is 5.41 Å². The van der Waals surface area contributed by atoms with E-state index in [-0.39, 0.29) is 12.0 Å². The van der Waals surface area contributed by atoms with Crippen molar-refractivity contribution in [3.8, 4) is 5.75 Å². The van der Waals surface area contributed by atoms with E-state index in [1.165, 1.54) is 0 Å². The molecule has 4 nitrogen and oxygen atoms in total. The molecule has 0 aliphatic heterocycles. The zero-order valence-corrected chi connectivity index (χ0v) is 12.1. The minimum absolute atomic E-state index is 0.207. The van der Waals surface area contributed by atoms with Gasteiger partial charge >= 0.3 is 0 Å². The fourth-order valence-electron chi connectivity index (χ4n) is 1.44. The summed E-state index contributed by atoms with van der Waals surface area (Å²) in [6.07, 6.45) is 0.344. The Hall–Kier alpha value is -1.26. The summed E-state index contributed by atoms with van der Waals surface area (Å²) in [6, 6.07) is 7.15. The lowest BCUT2D eigenvalue weighted by Crippen LogP contribution is -2.24. The van der Waals surface area contributed by atoms with Crippen LogP contribution in [0.25, 0.3) is 0 Å². The summed E-state index contributed by atoms with van der Waals surface area (Å²) >= 11 is 0. The highest BCUT2D eigenvalue weighted by molar-refractivity contribution is 5.43. The van der Waals surface area contributed by atoms with Crippen LogP contribution in [0.4, 0.5) is 5.69 Å². The molecule has 108 valence electrons. The normalized spacial score (nSPS) is 13.3. The summed E-state index contributed by atoms with van der Waals surface area (Å²) in [5.41, 5.74) is 6.54. The number of hydrogen-bond acceptors (Lipinski definition) is 4. The maximum absolute atomic E-state index is 9.73. The highest BCUT2D eigenvalue weighted by Crippen LogP contribution is 2.18. The van der Waals surface area contributed by atoms with Gasteiger partial charge in [0.15, 0.2) is 0 Å². The molecule has 0 fully saturated rings. The minimum Gasteiger partial charge on any atom is -0.491 e. The van der Waals surface area contributed by atoms with Crippen LogP contribution in [0.3, 0.4) is 0 Å². The molecule has 19 heavy (non-hydrogen) atoms. The molecule has 0 aromatic heterocycles. The van der Waals surface area contributed by atoms with Crippen LogP contribution in [0.1, 0.15) is 27.2 Å². The molecule has 0 bridgehead atoms. The van der Waals surface area contributed by atoms with Gasteiger partial charge < -0.3 is 20.3 Å². The maximum Gasteiger partial charge on any atom is 0.121 e. The average Bonchev–Trinajstić information content (AvgIpc) is 2.31. The molecule has 0 radical (unpaired) electrons. The van der Waals surface area contributed by atoms with Gasteiger partial charge in [0.25, 0.3) is 0 Å². The lowest BCUT2D eigenvalue weighted by atomic mass is 9.93. The van der Waals surface area contributed by atoms with Gasteiger partial charge in [-0.15, -0.1) is 0 Å². The maximum atomic E-state index is 9.73. The van der Waals surface area contributed by atoms with E-state index in [0.29, 0.717) is 24.7 Å². The highest BCUT2D eigenvalue weighted by atomic mass is 16.5. The standard InChI is InChI=1S/C15H25NO3/c1-15(2,3)7-8-18-10-13(17)11-19-14-6-4-5-12(16)9-14/h4-6,9,13,17H,7-8,10-11,16H2,1-3H3. The third-order valence-corrected chi connectivity index (χ3v) is 2.61. The van der Waals surface area contributed by atoms with Crippen LogP contribution in [-0.4, -0.2) is 31.0 Å². The molecule has 1 atom stereocenters. The van der Waals surface area contributed by atoms with Crippen molar-refractivity contribution >= 4 is 5.69 Å². The first-order valence-electron chi connectivity index (χ1n) is 6.61. The Balaban J connectivity index is 2.16. The van der Waals surface area contributed by atoms with Crippen molar-refractivity contribution in [3.63, 3.8) is 0 Å². The Morgan fingerprint density at radius 3 is 2.63 bits per heavy atom. The van der Waals surface area contributed by atoms with E-state index in [1.807, 2.05) is 12.1 Å². The molecule has 0 spiro atoms. The zero-order chi connectivity index (χ0) is 14.3. The molecule has 0 heterocycles. The first-order chi connectivity index (χ1) is 8.87. The van der Waals surface area contributed by atoms with Gasteiger partial charge in [-0.2, -0.15) is 0 Å². The predicted molar refractivity (Wildman–Crippen MR) is 77.2 cm³/mol. The Kier molecular flexibility index (Phi) is 6.12. The second-order valence-corrected chi connectivity index (χ2v) is 5.92. The topological polar surface area (TPSA) is 64.7 Å². The van der Waals surface area contributed by atoms with Gasteiger partial charge in [0.05, 0.1) is 6.61 Å². The fourth-order valence-corrected chi connectivity index (χ4v) is 1.44. The number of nitrogens with two attached hydrogens (primary N) is 1. The van der Waals surface area contributed by atoms with Gasteiger partial charge in [0.2, 0.25) is 0 Å². The van der Waals surface area contributed by atoms with Crippen LogP contribution in [-0.2, 0) is 4.74 Å². The summed E-state index contributed by atoms with van der Waals surface area (Å²) in [6.45, 7) is 7.64. The number of ether oxygens (including phenoxy) is 2. The molecule has 1 rings (SSSR count). The molecular weight excluding hydrogens is 242 g/mol. The van der Waals surface area contributed by atoms with Crippen molar-refractivity contribution in [1.82, 2.24) is 0 Å². The van der Waals surface area contributed by atoms with Gasteiger partial charge in [0, 0.05) is 18.4 Å². The van der Waals surface area contributed by atoms with Crippen molar-refractivity contribution < 1.29 is 14.6 Å². The third-order valence-electron chi connectivity index (χ3n) is 2.61. The van der Waals surface area contributed by atoms with E-state index in [2.05, 4.69) is 20.8 Å². The van der Waals surface area contributed by atoms with Crippen LogP contribution in [0.15, 0.2) is 24.3 Å². The lowest BCUT2D eigenvalue weighted by Gasteiger charge is -2.18. The Morgan fingerprint density at radius 1 is 1.26 bits per heavy atom. The largest absolute Gasteiger partial charge is 0.491 e. The van der Waals surface area contributed by atoms with Crippen molar-refractivity contribution in [2.24, 2.45) is 5.41 Å². The van der Waals surface area contributed by atoms with E-state index in [4.69, 9.17) is 15.2 Å². The Bertz CT molecular complexity index is 374. The first kappa shape index (κ1) is 15.8. The molecule has 4 heteroatoms. The van der Waals surface area contributed by atoms with Crippen LogP contribution in [0.5, 0.6) is 5.75 Å². The molecule has 3 N–H and O–H groups in total. The van der Waals surface area contributed by atoms with Crippen LogP contribution < -0.4 is 10.5 Å². The summed E-state index contributed by atoms with van der Waals surface area (Å²) in [4.78, 5) is 0. The lowest BCUT2D eigenvalue weighted by molar-refractivity contribution is 0.00528. The molecular formula is C15H25NO3. The summed E-state index contributed by atoms with van der Waals surface area (Å²) in [5.74, 6) is 0.661. The molecule has 0 saturated carbocycles. The predicted octanol–water partition coefficient (Wildman–Crippen LogP) is 2.46. The van der Waals surface area contributed by atoms with E-state index >= 15 is 0 Å². The third kappa shape index (κ3) is 7.70. The molecule has 0 saturated heterocycles. The quantitative estimate of drug-likeness (QED) is 0.588. The van der Waals surface area contributed by atoms with E-state index in [1.54, 1.807) is 12.1 Å². The van der Waals surface area contributed by atoms with E-state index < -0.39 is 6.10 Å². The smallest absolute Gasteiger partial charge is 0.121 e. The second kappa shape index (κ2) is 7.36.